The van der Waals surface area contributed by atoms with Crippen molar-refractivity contribution in [1.29, 1.82) is 0 Å². The third kappa shape index (κ3) is 5.36. The molecular formula is C22H29N3O3S. The van der Waals surface area contributed by atoms with Crippen molar-refractivity contribution in [2.45, 2.75) is 44.9 Å². The number of benzene rings is 2. The molecule has 0 aliphatic carbocycles. The highest BCUT2D eigenvalue weighted by molar-refractivity contribution is 7.89. The lowest BCUT2D eigenvalue weighted by Gasteiger charge is -2.20. The van der Waals surface area contributed by atoms with Gasteiger partial charge in [-0.05, 0) is 80.6 Å². The molecular weight excluding hydrogens is 386 g/mol. The largest absolute Gasteiger partial charge is 0.371 e. The van der Waals surface area contributed by atoms with Crippen LogP contribution in [0.25, 0.3) is 0 Å². The predicted molar refractivity (Wildman–Crippen MR) is 117 cm³/mol. The van der Waals surface area contributed by atoms with Gasteiger partial charge in [0.25, 0.3) is 0 Å². The van der Waals surface area contributed by atoms with E-state index in [4.69, 9.17) is 0 Å². The topological polar surface area (TPSA) is 78.5 Å². The van der Waals surface area contributed by atoms with Crippen molar-refractivity contribution in [2.75, 3.05) is 29.9 Å². The number of nitrogens with one attached hydrogen (secondary N) is 2. The van der Waals surface area contributed by atoms with Crippen molar-refractivity contribution in [3.8, 4) is 0 Å². The van der Waals surface area contributed by atoms with Gasteiger partial charge >= 0.3 is 0 Å². The molecule has 1 heterocycles. The Hall–Kier alpha value is -2.38. The molecule has 3 rings (SSSR count). The number of rotatable bonds is 7. The Balaban J connectivity index is 1.53. The maximum Gasteiger partial charge on any atom is 0.240 e. The molecule has 2 aromatic rings. The fraction of sp³-hybridized carbons (Fsp3) is 0.409. The zero-order valence-corrected chi connectivity index (χ0v) is 18.1. The summed E-state index contributed by atoms with van der Waals surface area (Å²) in [6, 6.07) is 10.9. The minimum absolute atomic E-state index is 0.0476. The second-order valence-corrected chi connectivity index (χ2v) is 9.40. The molecule has 0 aromatic heterocycles. The molecule has 0 radical (unpaired) electrons. The van der Waals surface area contributed by atoms with Crippen LogP contribution in [0, 0.1) is 20.8 Å². The number of nitrogens with zero attached hydrogens (tertiary/aromatic N) is 1. The first kappa shape index (κ1) is 21.3. The number of amides is 1. The summed E-state index contributed by atoms with van der Waals surface area (Å²) >= 11 is 0. The van der Waals surface area contributed by atoms with E-state index in [1.54, 1.807) is 18.2 Å². The van der Waals surface area contributed by atoms with E-state index in [1.165, 1.54) is 18.5 Å². The summed E-state index contributed by atoms with van der Waals surface area (Å²) in [5.74, 6) is -0.221. The highest BCUT2D eigenvalue weighted by Gasteiger charge is 2.16. The molecule has 0 unspecified atom stereocenters. The van der Waals surface area contributed by atoms with Crippen LogP contribution in [0.1, 0.15) is 36.0 Å². The van der Waals surface area contributed by atoms with Crippen LogP contribution in [0.5, 0.6) is 0 Å². The minimum Gasteiger partial charge on any atom is -0.371 e. The van der Waals surface area contributed by atoms with E-state index in [9.17, 15) is 13.2 Å². The van der Waals surface area contributed by atoms with Crippen molar-refractivity contribution in [2.24, 2.45) is 0 Å². The predicted octanol–water partition coefficient (Wildman–Crippen LogP) is 3.52. The number of anilines is 2. The van der Waals surface area contributed by atoms with Gasteiger partial charge in [-0.3, -0.25) is 4.79 Å². The van der Waals surface area contributed by atoms with E-state index in [0.717, 1.165) is 35.5 Å². The summed E-state index contributed by atoms with van der Waals surface area (Å²) in [6.07, 6.45) is 2.50. The first-order valence-electron chi connectivity index (χ1n) is 9.98. The summed E-state index contributed by atoms with van der Waals surface area (Å²) in [7, 11) is -3.63. The van der Waals surface area contributed by atoms with E-state index in [2.05, 4.69) is 14.9 Å². The van der Waals surface area contributed by atoms with Gasteiger partial charge in [-0.15, -0.1) is 0 Å². The van der Waals surface area contributed by atoms with Gasteiger partial charge in [-0.25, -0.2) is 13.1 Å². The SMILES string of the molecule is Cc1ccc(S(=O)(=O)NCCC(=O)Nc2ccc(N3CCCC3)c(C)c2)cc1C. The summed E-state index contributed by atoms with van der Waals surface area (Å²) in [5.41, 5.74) is 5.02. The Morgan fingerprint density at radius 3 is 2.34 bits per heavy atom. The van der Waals surface area contributed by atoms with Gasteiger partial charge in [0.15, 0.2) is 0 Å². The van der Waals surface area contributed by atoms with Crippen molar-refractivity contribution >= 4 is 27.3 Å². The standard InChI is InChI=1S/C22H29N3O3S/c1-16-6-8-20(15-17(16)2)29(27,28)23-11-10-22(26)24-19-7-9-21(18(3)14-19)25-12-4-5-13-25/h6-9,14-15,23H,4-5,10-13H2,1-3H3,(H,24,26). The highest BCUT2D eigenvalue weighted by Crippen LogP contribution is 2.26. The molecule has 29 heavy (non-hydrogen) atoms. The summed E-state index contributed by atoms with van der Waals surface area (Å²) < 4.78 is 27.3. The van der Waals surface area contributed by atoms with Crippen molar-refractivity contribution < 1.29 is 13.2 Å². The van der Waals surface area contributed by atoms with Crippen LogP contribution in [-0.2, 0) is 14.8 Å². The first-order chi connectivity index (χ1) is 13.8. The number of carbonyl (C=O) groups excluding carboxylic acids is 1. The van der Waals surface area contributed by atoms with Crippen molar-refractivity contribution in [3.05, 3.63) is 53.1 Å². The molecule has 2 aromatic carbocycles. The molecule has 1 fully saturated rings. The third-order valence-electron chi connectivity index (χ3n) is 5.36. The number of aryl methyl sites for hydroxylation is 3. The molecule has 0 atom stereocenters. The van der Waals surface area contributed by atoms with Gasteiger partial charge in [0.05, 0.1) is 4.90 Å². The molecule has 1 saturated heterocycles. The average Bonchev–Trinajstić information content (AvgIpc) is 3.18. The van der Waals surface area contributed by atoms with Gasteiger partial charge in [0.1, 0.15) is 0 Å². The molecule has 1 aliphatic rings. The van der Waals surface area contributed by atoms with Crippen LogP contribution in [0.2, 0.25) is 0 Å². The zero-order chi connectivity index (χ0) is 21.0. The maximum atomic E-state index is 12.4. The van der Waals surface area contributed by atoms with Gasteiger partial charge in [-0.2, -0.15) is 0 Å². The molecule has 0 spiro atoms. The van der Waals surface area contributed by atoms with Gasteiger partial charge in [0, 0.05) is 37.4 Å². The molecule has 1 aliphatic heterocycles. The van der Waals surface area contributed by atoms with Crippen LogP contribution in [0.4, 0.5) is 11.4 Å². The van der Waals surface area contributed by atoms with Crippen LogP contribution in [0.3, 0.4) is 0 Å². The Labute approximate surface area is 173 Å². The number of hydrogen-bond acceptors (Lipinski definition) is 4. The smallest absolute Gasteiger partial charge is 0.240 e. The Morgan fingerprint density at radius 2 is 1.69 bits per heavy atom. The Kier molecular flexibility index (Phi) is 6.59. The molecule has 1 amide bonds. The maximum absolute atomic E-state index is 12.4. The van der Waals surface area contributed by atoms with Crippen LogP contribution in [-0.4, -0.2) is 34.0 Å². The van der Waals surface area contributed by atoms with Gasteiger partial charge in [-0.1, -0.05) is 6.07 Å². The first-order valence-corrected chi connectivity index (χ1v) is 11.5. The fourth-order valence-corrected chi connectivity index (χ4v) is 4.65. The third-order valence-corrected chi connectivity index (χ3v) is 6.82. The second kappa shape index (κ2) is 8.97. The number of carbonyl (C=O) groups is 1. The molecule has 7 heteroatoms. The van der Waals surface area contributed by atoms with E-state index >= 15 is 0 Å². The van der Waals surface area contributed by atoms with Crippen LogP contribution >= 0.6 is 0 Å². The number of sulfonamides is 1. The molecule has 156 valence electrons. The molecule has 0 bridgehead atoms. The lowest BCUT2D eigenvalue weighted by atomic mass is 10.1. The normalized spacial score (nSPS) is 14.2. The molecule has 6 nitrogen and oxygen atoms in total. The van der Waals surface area contributed by atoms with Crippen molar-refractivity contribution in [1.82, 2.24) is 4.72 Å². The van der Waals surface area contributed by atoms with E-state index in [0.29, 0.717) is 0 Å². The monoisotopic (exact) mass is 415 g/mol. The Bertz CT molecular complexity index is 996. The van der Waals surface area contributed by atoms with E-state index < -0.39 is 10.0 Å². The fourth-order valence-electron chi connectivity index (χ4n) is 3.53. The zero-order valence-electron chi connectivity index (χ0n) is 17.3. The number of hydrogen-bond donors (Lipinski definition) is 2. The quantitative estimate of drug-likeness (QED) is 0.725. The van der Waals surface area contributed by atoms with Crippen LogP contribution in [0.15, 0.2) is 41.3 Å². The lowest BCUT2D eigenvalue weighted by Crippen LogP contribution is -2.28. The summed E-state index contributed by atoms with van der Waals surface area (Å²) in [6.45, 7) is 8.05. The minimum atomic E-state index is -3.63. The average molecular weight is 416 g/mol. The molecule has 0 saturated carbocycles. The van der Waals surface area contributed by atoms with Crippen LogP contribution < -0.4 is 14.9 Å². The molecule has 2 N–H and O–H groups in total. The lowest BCUT2D eigenvalue weighted by molar-refractivity contribution is -0.116. The van der Waals surface area contributed by atoms with Gasteiger partial charge in [0.2, 0.25) is 15.9 Å². The Morgan fingerprint density at radius 1 is 0.966 bits per heavy atom. The summed E-state index contributed by atoms with van der Waals surface area (Å²) in [5, 5.41) is 2.85. The van der Waals surface area contributed by atoms with E-state index in [1.807, 2.05) is 39.0 Å². The van der Waals surface area contributed by atoms with E-state index in [-0.39, 0.29) is 23.8 Å². The second-order valence-electron chi connectivity index (χ2n) is 7.64. The van der Waals surface area contributed by atoms with Crippen molar-refractivity contribution in [3.63, 3.8) is 0 Å². The van der Waals surface area contributed by atoms with Gasteiger partial charge < -0.3 is 10.2 Å². The summed E-state index contributed by atoms with van der Waals surface area (Å²) in [4.78, 5) is 14.8. The highest BCUT2D eigenvalue weighted by atomic mass is 32.2.